The van der Waals surface area contributed by atoms with Crippen LogP contribution in [0.15, 0.2) is 91.7 Å². The van der Waals surface area contributed by atoms with Crippen LogP contribution in [0, 0.1) is 0 Å². The van der Waals surface area contributed by atoms with E-state index < -0.39 is 0 Å². The highest BCUT2D eigenvalue weighted by Crippen LogP contribution is 2.22. The molecule has 0 N–H and O–H groups in total. The molecule has 2 rings (SSSR count). The minimum atomic E-state index is 0.529. The SMILES string of the molecule is C=C/C=C\C(=C)Oc1cccc(OCc2ccccc2)c1. The second kappa shape index (κ2) is 7.75. The van der Waals surface area contributed by atoms with E-state index in [1.807, 2.05) is 54.6 Å². The third-order valence-electron chi connectivity index (χ3n) is 2.72. The molecule has 0 aromatic heterocycles. The average molecular weight is 278 g/mol. The molecule has 2 nitrogen and oxygen atoms in total. The molecule has 0 saturated carbocycles. The van der Waals surface area contributed by atoms with Crippen molar-refractivity contribution in [3.05, 3.63) is 97.3 Å². The number of benzene rings is 2. The molecule has 106 valence electrons. The molecule has 0 fully saturated rings. The topological polar surface area (TPSA) is 18.5 Å². The third kappa shape index (κ3) is 5.03. The van der Waals surface area contributed by atoms with Crippen molar-refractivity contribution in [2.75, 3.05) is 0 Å². The van der Waals surface area contributed by atoms with Crippen molar-refractivity contribution in [2.45, 2.75) is 6.61 Å². The third-order valence-corrected chi connectivity index (χ3v) is 2.72. The van der Waals surface area contributed by atoms with Gasteiger partial charge in [-0.1, -0.05) is 61.7 Å². The van der Waals surface area contributed by atoms with Crippen LogP contribution >= 0.6 is 0 Å². The standard InChI is InChI=1S/C19H18O2/c1-3-4-9-16(2)21-19-13-8-12-18(14-19)20-15-17-10-6-5-7-11-17/h3-14H,1-2,15H2/b9-4-. The molecule has 21 heavy (non-hydrogen) atoms. The summed E-state index contributed by atoms with van der Waals surface area (Å²) in [5.74, 6) is 2.01. The first-order chi connectivity index (χ1) is 10.3. The zero-order valence-electron chi connectivity index (χ0n) is 11.9. The lowest BCUT2D eigenvalue weighted by Crippen LogP contribution is -1.96. The Balaban J connectivity index is 1.96. The van der Waals surface area contributed by atoms with Crippen molar-refractivity contribution in [2.24, 2.45) is 0 Å². The van der Waals surface area contributed by atoms with Crippen molar-refractivity contribution in [1.82, 2.24) is 0 Å². The summed E-state index contributed by atoms with van der Waals surface area (Å²) in [6.07, 6.45) is 5.20. The Hall–Kier alpha value is -2.74. The van der Waals surface area contributed by atoms with Gasteiger partial charge in [0.05, 0.1) is 0 Å². The van der Waals surface area contributed by atoms with Crippen LogP contribution in [0.1, 0.15) is 5.56 Å². The normalized spacial score (nSPS) is 10.3. The Morgan fingerprint density at radius 1 is 1.00 bits per heavy atom. The van der Waals surface area contributed by atoms with Crippen molar-refractivity contribution >= 4 is 0 Å². The van der Waals surface area contributed by atoms with Gasteiger partial charge in [-0.15, -0.1) is 0 Å². The van der Waals surface area contributed by atoms with E-state index in [4.69, 9.17) is 9.47 Å². The highest BCUT2D eigenvalue weighted by molar-refractivity contribution is 5.35. The number of hydrogen-bond acceptors (Lipinski definition) is 2. The summed E-state index contributed by atoms with van der Waals surface area (Å²) in [4.78, 5) is 0. The molecule has 2 aromatic carbocycles. The van der Waals surface area contributed by atoms with Gasteiger partial charge in [0.1, 0.15) is 23.9 Å². The van der Waals surface area contributed by atoms with Crippen molar-refractivity contribution in [1.29, 1.82) is 0 Å². The molecule has 0 radical (unpaired) electrons. The Kier molecular flexibility index (Phi) is 5.41. The van der Waals surface area contributed by atoms with Crippen LogP contribution < -0.4 is 9.47 Å². The van der Waals surface area contributed by atoms with Crippen LogP contribution in [0.5, 0.6) is 11.5 Å². The van der Waals surface area contributed by atoms with Crippen LogP contribution in [0.25, 0.3) is 0 Å². The fraction of sp³-hybridized carbons (Fsp3) is 0.0526. The molecule has 0 bridgehead atoms. The highest BCUT2D eigenvalue weighted by atomic mass is 16.5. The lowest BCUT2D eigenvalue weighted by molar-refractivity contribution is 0.304. The quantitative estimate of drug-likeness (QED) is 0.529. The van der Waals surface area contributed by atoms with E-state index in [-0.39, 0.29) is 0 Å². The predicted molar refractivity (Wildman–Crippen MR) is 86.3 cm³/mol. The first-order valence-electron chi connectivity index (χ1n) is 6.70. The summed E-state index contributed by atoms with van der Waals surface area (Å²) in [7, 11) is 0. The van der Waals surface area contributed by atoms with Crippen molar-refractivity contribution < 1.29 is 9.47 Å². The summed E-state index contributed by atoms with van der Waals surface area (Å²) in [6, 6.07) is 17.5. The van der Waals surface area contributed by atoms with E-state index >= 15 is 0 Å². The van der Waals surface area contributed by atoms with Gasteiger partial charge in [0.2, 0.25) is 0 Å². The lowest BCUT2D eigenvalue weighted by atomic mass is 10.2. The van der Waals surface area contributed by atoms with E-state index in [9.17, 15) is 0 Å². The summed E-state index contributed by atoms with van der Waals surface area (Å²) >= 11 is 0. The van der Waals surface area contributed by atoms with E-state index in [0.717, 1.165) is 11.3 Å². The minimum Gasteiger partial charge on any atom is -0.489 e. The van der Waals surface area contributed by atoms with Gasteiger partial charge >= 0.3 is 0 Å². The Morgan fingerprint density at radius 2 is 1.76 bits per heavy atom. The molecule has 0 unspecified atom stereocenters. The fourth-order valence-electron chi connectivity index (χ4n) is 1.73. The zero-order valence-corrected chi connectivity index (χ0v) is 11.9. The maximum absolute atomic E-state index is 5.75. The second-order valence-electron chi connectivity index (χ2n) is 4.41. The maximum Gasteiger partial charge on any atom is 0.131 e. The largest absolute Gasteiger partial charge is 0.489 e. The molecule has 0 atom stereocenters. The molecule has 0 amide bonds. The van der Waals surface area contributed by atoms with Crippen LogP contribution in [-0.2, 0) is 6.61 Å². The summed E-state index contributed by atoms with van der Waals surface area (Å²) in [6.45, 7) is 7.95. The number of allylic oxidation sites excluding steroid dienone is 3. The van der Waals surface area contributed by atoms with Gasteiger partial charge in [0.15, 0.2) is 0 Å². The number of rotatable bonds is 7. The molecule has 0 saturated heterocycles. The molecule has 0 spiro atoms. The molecule has 0 aliphatic heterocycles. The molecular formula is C19H18O2. The monoisotopic (exact) mass is 278 g/mol. The van der Waals surface area contributed by atoms with Crippen LogP contribution in [0.4, 0.5) is 0 Å². The van der Waals surface area contributed by atoms with Crippen LogP contribution in [0.3, 0.4) is 0 Å². The fourth-order valence-corrected chi connectivity index (χ4v) is 1.73. The maximum atomic E-state index is 5.75. The summed E-state index contributed by atoms with van der Waals surface area (Å²) < 4.78 is 11.4. The Bertz CT molecular complexity index is 627. The van der Waals surface area contributed by atoms with Crippen molar-refractivity contribution in [3.63, 3.8) is 0 Å². The number of hydrogen-bond donors (Lipinski definition) is 0. The molecule has 0 aliphatic rings. The first kappa shape index (κ1) is 14.7. The van der Waals surface area contributed by atoms with Gasteiger partial charge in [-0.05, 0) is 23.8 Å². The molecule has 0 heterocycles. The van der Waals surface area contributed by atoms with E-state index in [2.05, 4.69) is 13.2 Å². The molecule has 2 heteroatoms. The van der Waals surface area contributed by atoms with Gasteiger partial charge in [0, 0.05) is 6.07 Å². The van der Waals surface area contributed by atoms with E-state index in [1.54, 1.807) is 18.2 Å². The molecular weight excluding hydrogens is 260 g/mol. The number of ether oxygens (including phenoxy) is 2. The van der Waals surface area contributed by atoms with Gasteiger partial charge in [-0.25, -0.2) is 0 Å². The van der Waals surface area contributed by atoms with Crippen molar-refractivity contribution in [3.8, 4) is 11.5 Å². The summed E-state index contributed by atoms with van der Waals surface area (Å²) in [5.41, 5.74) is 1.13. The van der Waals surface area contributed by atoms with Gasteiger partial charge in [-0.2, -0.15) is 0 Å². The lowest BCUT2D eigenvalue weighted by Gasteiger charge is -2.09. The average Bonchev–Trinajstić information content (AvgIpc) is 2.52. The molecule has 0 aliphatic carbocycles. The second-order valence-corrected chi connectivity index (χ2v) is 4.41. The van der Waals surface area contributed by atoms with E-state index in [0.29, 0.717) is 18.1 Å². The molecule has 2 aromatic rings. The first-order valence-corrected chi connectivity index (χ1v) is 6.70. The van der Waals surface area contributed by atoms with Gasteiger partial charge < -0.3 is 9.47 Å². The van der Waals surface area contributed by atoms with Crippen LogP contribution in [0.2, 0.25) is 0 Å². The predicted octanol–water partition coefficient (Wildman–Crippen LogP) is 4.90. The smallest absolute Gasteiger partial charge is 0.131 e. The van der Waals surface area contributed by atoms with Crippen LogP contribution in [-0.4, -0.2) is 0 Å². The van der Waals surface area contributed by atoms with Gasteiger partial charge in [-0.3, -0.25) is 0 Å². The van der Waals surface area contributed by atoms with Gasteiger partial charge in [0.25, 0.3) is 0 Å². The Labute approximate surface area is 125 Å². The zero-order chi connectivity index (χ0) is 14.9. The minimum absolute atomic E-state index is 0.529. The summed E-state index contributed by atoms with van der Waals surface area (Å²) in [5, 5.41) is 0. The van der Waals surface area contributed by atoms with E-state index in [1.165, 1.54) is 0 Å². The highest BCUT2D eigenvalue weighted by Gasteiger charge is 2.00. The Morgan fingerprint density at radius 3 is 2.52 bits per heavy atom.